The van der Waals surface area contributed by atoms with Crippen LogP contribution in [0.4, 0.5) is 0 Å². The number of aliphatic carboxylic acids is 4. The third kappa shape index (κ3) is 23.1. The quantitative estimate of drug-likeness (QED) is 0.0264. The largest absolute Gasteiger partial charge is 0.507 e. The molecule has 0 aliphatic carbocycles. The zero-order valence-electron chi connectivity index (χ0n) is 82.8. The van der Waals surface area contributed by atoms with Gasteiger partial charge in [0, 0.05) is 68.2 Å². The van der Waals surface area contributed by atoms with Crippen LogP contribution < -0.4 is 0 Å². The number of ether oxygens (including phenoxy) is 2. The maximum absolute atomic E-state index is 15.0. The Bertz CT molecular complexity index is 3380. The highest BCUT2D eigenvalue weighted by Crippen LogP contribution is 2.61. The van der Waals surface area contributed by atoms with Crippen LogP contribution in [0, 0.1) is 22.7 Å². The van der Waals surface area contributed by atoms with E-state index in [1.54, 1.807) is 0 Å². The normalized spacial score (nSPS) is 26.3. The van der Waals surface area contributed by atoms with E-state index in [2.05, 4.69) is 272 Å². The number of carbonyl (C=O) groups excluding carboxylic acids is 2. The number of aromatic hydroxyl groups is 1. The van der Waals surface area contributed by atoms with Crippen molar-refractivity contribution in [3.8, 4) is 5.75 Å². The molecule has 4 atom stereocenters. The van der Waals surface area contributed by atoms with Crippen LogP contribution in [0.2, 0.25) is 0 Å². The van der Waals surface area contributed by atoms with E-state index in [9.17, 15) is 34.5 Å². The van der Waals surface area contributed by atoms with Gasteiger partial charge in [0.1, 0.15) is 18.0 Å². The lowest BCUT2D eigenvalue weighted by Gasteiger charge is -2.68. The first-order valence-electron chi connectivity index (χ1n) is 46.7. The molecular weight excluding hydrogens is 1490 g/mol. The van der Waals surface area contributed by atoms with E-state index >= 15 is 9.59 Å². The number of phenolic OH excluding ortho intramolecular Hbond substituents is 1. The maximum Gasteiger partial charge on any atom is 0.339 e. The number of carbonyl (C=O) groups is 6. The van der Waals surface area contributed by atoms with Crippen LogP contribution in [-0.4, -0.2) is 203 Å². The van der Waals surface area contributed by atoms with Crippen molar-refractivity contribution < 1.29 is 63.8 Å². The molecule has 0 radical (unpaired) electrons. The Morgan fingerprint density at radius 1 is 0.387 bits per heavy atom. The number of esters is 2. The van der Waals surface area contributed by atoms with Crippen LogP contribution >= 0.6 is 0 Å². The number of unbranched alkanes of at least 4 members (excludes halogenated alkanes) is 9. The summed E-state index contributed by atoms with van der Waals surface area (Å²) in [6, 6.07) is 3.99. The summed E-state index contributed by atoms with van der Waals surface area (Å²) in [5, 5.41) is 51.8. The van der Waals surface area contributed by atoms with Crippen LogP contribution in [0.5, 0.6) is 5.75 Å². The van der Waals surface area contributed by atoms with Gasteiger partial charge in [-0.25, -0.2) is 4.79 Å². The predicted octanol–water partition coefficient (Wildman–Crippen LogP) is 22.4. The van der Waals surface area contributed by atoms with Crippen LogP contribution in [0.3, 0.4) is 0 Å². The third-order valence-electron chi connectivity index (χ3n) is 32.2. The maximum atomic E-state index is 15.0. The van der Waals surface area contributed by atoms with E-state index in [1.165, 1.54) is 0 Å². The van der Waals surface area contributed by atoms with Crippen molar-refractivity contribution in [3.63, 3.8) is 0 Å². The number of rotatable bonds is 31. The third-order valence-corrected chi connectivity index (χ3v) is 32.2. The number of carboxylic acids is 4. The zero-order valence-corrected chi connectivity index (χ0v) is 82.8. The highest BCUT2D eigenvalue weighted by Gasteiger charge is 2.67. The second kappa shape index (κ2) is 38.4. The van der Waals surface area contributed by atoms with Gasteiger partial charge < -0.3 is 35.0 Å². The molecule has 6 fully saturated rings. The lowest BCUT2D eigenvalue weighted by Crippen LogP contribution is -2.82. The standard InChI is InChI=1S/C42H72N2O5.C30H56N2O4.C28H52N2O4/c1-18-19-22-42(34(46)48-31-20-23-38(8,9)43(16)40(31,12)13,35(47)49-32-21-24-39(10,11)44(17)41(32,14)15)27-28-25-29(36(2,3)4)33(45)30(26-28)37(5,6)7;1-26(2)20-17-22(28(5,6)31(26)9)30(25(35)36,19-15-13-11-12-14-16-24(33)34)23-18-21-27(3,4)32(10)29(23,7)8;1-24(2)17-14-18-25(3,4)29(24)28(23(33)34,21-13-11-9-10-12-16-22(31)32)30-26(5,6)19-15-20-27(30,7)8/h25-26,31-32,45H,18-24,27H2,1-17H3;22-23H,11-21H2,1-10H3,(H,33,34)(H,35,36);9-21H2,1-8H3,(H,31,32)(H,33,34). The van der Waals surface area contributed by atoms with Gasteiger partial charge in [0.15, 0.2) is 11.1 Å². The Morgan fingerprint density at radius 2 is 0.689 bits per heavy atom. The van der Waals surface area contributed by atoms with Crippen molar-refractivity contribution in [2.75, 3.05) is 28.2 Å². The smallest absolute Gasteiger partial charge is 0.339 e. The van der Waals surface area contributed by atoms with Gasteiger partial charge in [-0.1, -0.05) is 118 Å². The van der Waals surface area contributed by atoms with Crippen LogP contribution in [0.15, 0.2) is 12.1 Å². The SMILES string of the molecule is CC1(C)CCCC(C)(C)N1C(CCCCCCCC(=O)O)(C(=O)O)N1C(C)(C)CCCC1(C)C.CCCCC(Cc1cc(C(C)(C)C)c(O)c(C(C)(C)C)c1)(C(=O)OC1CCC(C)(C)N(C)C1(C)C)C(=O)OC1CCC(C)(C)N(C)C1(C)C.CN1C(C)(C)CCC(C(CCCCCCCC(=O)O)(C(=O)O)C2CCC(C)(C)N(C)C2(C)C)C1(C)C. The van der Waals surface area contributed by atoms with Gasteiger partial charge in [0.2, 0.25) is 0 Å². The summed E-state index contributed by atoms with van der Waals surface area (Å²) >= 11 is 0. The van der Waals surface area contributed by atoms with E-state index < -0.39 is 63.4 Å². The molecule has 0 spiro atoms. The molecule has 1 aromatic rings. The van der Waals surface area contributed by atoms with Gasteiger partial charge in [-0.05, 0) is 369 Å². The number of piperidine rings is 6. The van der Waals surface area contributed by atoms with Crippen LogP contribution in [0.25, 0.3) is 0 Å². The van der Waals surface area contributed by atoms with Crippen molar-refractivity contribution >= 4 is 35.8 Å². The molecule has 4 unspecified atom stereocenters. The summed E-state index contributed by atoms with van der Waals surface area (Å²) in [4.78, 5) is 93.4. The van der Waals surface area contributed by atoms with Gasteiger partial charge in [0.05, 0.1) is 16.5 Å². The highest BCUT2D eigenvalue weighted by molar-refractivity contribution is 6.00. The number of benzene rings is 1. The fourth-order valence-corrected chi connectivity index (χ4v) is 24.0. The first-order valence-corrected chi connectivity index (χ1v) is 46.7. The molecule has 6 saturated heterocycles. The Balaban J connectivity index is 0.000000325. The fraction of sp³-hybridized carbons (Fsp3) is 0.880. The predicted molar refractivity (Wildman–Crippen MR) is 487 cm³/mol. The fourth-order valence-electron chi connectivity index (χ4n) is 24.0. The molecule has 0 saturated carbocycles. The minimum Gasteiger partial charge on any atom is -0.507 e. The molecule has 5 N–H and O–H groups in total. The molecule has 19 nitrogen and oxygen atoms in total. The molecule has 6 aliphatic heterocycles. The molecule has 6 aliphatic rings. The number of carboxylic acid groups (broad SMARTS) is 4. The molecule has 0 amide bonds. The molecule has 6 heterocycles. The number of hydrogen-bond acceptors (Lipinski definition) is 15. The molecule has 0 bridgehead atoms. The van der Waals surface area contributed by atoms with Gasteiger partial charge >= 0.3 is 35.8 Å². The zero-order chi connectivity index (χ0) is 91.5. The topological polar surface area (TPSA) is 241 Å². The van der Waals surface area contributed by atoms with Crippen molar-refractivity contribution in [1.29, 1.82) is 0 Å². The van der Waals surface area contributed by atoms with Gasteiger partial charge in [-0.2, -0.15) is 0 Å². The summed E-state index contributed by atoms with van der Waals surface area (Å²) < 4.78 is 13.2. The van der Waals surface area contributed by atoms with E-state index in [-0.39, 0.29) is 115 Å². The van der Waals surface area contributed by atoms with Crippen molar-refractivity contribution in [3.05, 3.63) is 28.8 Å². The molecule has 0 aromatic heterocycles. The number of phenols is 1. The summed E-state index contributed by atoms with van der Waals surface area (Å²) in [6.07, 6.45) is 24.8. The summed E-state index contributed by atoms with van der Waals surface area (Å²) in [7, 11) is 8.56. The number of likely N-dealkylation sites (tertiary alicyclic amines) is 6. The van der Waals surface area contributed by atoms with E-state index in [0.717, 1.165) is 152 Å². The van der Waals surface area contributed by atoms with Crippen molar-refractivity contribution in [1.82, 2.24) is 29.4 Å². The number of nitrogens with zero attached hydrogens (tertiary/aromatic N) is 6. The van der Waals surface area contributed by atoms with Crippen LogP contribution in [-0.2, 0) is 55.5 Å². The molecule has 688 valence electrons. The summed E-state index contributed by atoms with van der Waals surface area (Å²) in [5.41, 5.74) is -4.06. The molecule has 19 heteroatoms. The van der Waals surface area contributed by atoms with Crippen molar-refractivity contribution in [2.24, 2.45) is 22.7 Å². The minimum atomic E-state index is -1.56. The summed E-state index contributed by atoms with van der Waals surface area (Å²) in [6.45, 7) is 68.1. The Kier molecular flexibility index (Phi) is 34.0. The van der Waals surface area contributed by atoms with Crippen molar-refractivity contribution in [2.45, 2.75) is 515 Å². The average molecular weight is 1670 g/mol. The van der Waals surface area contributed by atoms with Gasteiger partial charge in [0.25, 0.3) is 0 Å². The van der Waals surface area contributed by atoms with Gasteiger partial charge in [-0.3, -0.25) is 53.4 Å². The lowest BCUT2D eigenvalue weighted by molar-refractivity contribution is -0.246. The molecule has 7 rings (SSSR count). The minimum absolute atomic E-state index is 0.0370. The molecule has 1 aromatic carbocycles. The number of hydrogen-bond donors (Lipinski definition) is 5. The second-order valence-electron chi connectivity index (χ2n) is 47.5. The Morgan fingerprint density at radius 3 is 0.992 bits per heavy atom. The first-order chi connectivity index (χ1) is 53.9. The van der Waals surface area contributed by atoms with E-state index in [0.29, 0.717) is 51.4 Å². The highest BCUT2D eigenvalue weighted by atomic mass is 16.6. The molecular formula is C100H180N6O13. The first kappa shape index (κ1) is 105. The second-order valence-corrected chi connectivity index (χ2v) is 47.5. The van der Waals surface area contributed by atoms with E-state index in [1.807, 2.05) is 12.1 Å². The Hall–Kier alpha value is -4.40. The van der Waals surface area contributed by atoms with Crippen LogP contribution in [0.1, 0.15) is 430 Å². The number of likely N-dealkylation sites (N-methyl/N-ethyl adjacent to an activating group) is 2. The van der Waals surface area contributed by atoms with E-state index in [4.69, 9.17) is 19.7 Å². The molecule has 119 heavy (non-hydrogen) atoms. The lowest BCUT2D eigenvalue weighted by atomic mass is 9.49. The monoisotopic (exact) mass is 1670 g/mol. The Labute approximate surface area is 725 Å². The summed E-state index contributed by atoms with van der Waals surface area (Å²) in [5.74, 6) is -3.44. The average Bonchev–Trinajstić information content (AvgIpc) is 0.702. The van der Waals surface area contributed by atoms with Gasteiger partial charge in [-0.15, -0.1) is 0 Å².